The standard InChI is InChI=1S/C21H24N2O5/c1-26-18-10-15(11-19(12-18)27-2)21(25)23-16-7-5-14(6-8-16)20(24)22-13-17-4-3-9-28-17/h5-8,10-12,17H,3-4,9,13H2,1-2H3,(H,22,24)(H,23,25)/t17-/m1/s1. The molecule has 0 unspecified atom stereocenters. The molecule has 2 N–H and O–H groups in total. The van der Waals surface area contributed by atoms with Gasteiger partial charge in [0, 0.05) is 36.0 Å². The maximum absolute atomic E-state index is 12.5. The first kappa shape index (κ1) is 19.7. The summed E-state index contributed by atoms with van der Waals surface area (Å²) in [5, 5.41) is 5.68. The number of amides is 2. The van der Waals surface area contributed by atoms with Crippen LogP contribution in [0.15, 0.2) is 42.5 Å². The highest BCUT2D eigenvalue weighted by molar-refractivity contribution is 6.05. The van der Waals surface area contributed by atoms with Gasteiger partial charge in [-0.15, -0.1) is 0 Å². The summed E-state index contributed by atoms with van der Waals surface area (Å²) in [5.41, 5.74) is 1.52. The van der Waals surface area contributed by atoms with Crippen LogP contribution in [0.3, 0.4) is 0 Å². The van der Waals surface area contributed by atoms with Crippen molar-refractivity contribution in [1.29, 1.82) is 0 Å². The zero-order valence-electron chi connectivity index (χ0n) is 16.0. The first-order valence-corrected chi connectivity index (χ1v) is 9.13. The van der Waals surface area contributed by atoms with Crippen molar-refractivity contribution in [2.24, 2.45) is 0 Å². The monoisotopic (exact) mass is 384 g/mol. The largest absolute Gasteiger partial charge is 0.497 e. The van der Waals surface area contributed by atoms with E-state index in [0.717, 1.165) is 19.4 Å². The molecule has 0 spiro atoms. The number of nitrogens with one attached hydrogen (secondary N) is 2. The lowest BCUT2D eigenvalue weighted by molar-refractivity contribution is 0.0857. The summed E-state index contributed by atoms with van der Waals surface area (Å²) in [6.07, 6.45) is 2.11. The van der Waals surface area contributed by atoms with Crippen LogP contribution in [0.25, 0.3) is 0 Å². The molecule has 0 bridgehead atoms. The van der Waals surface area contributed by atoms with Crippen LogP contribution in [0.4, 0.5) is 5.69 Å². The summed E-state index contributed by atoms with van der Waals surface area (Å²) in [6, 6.07) is 11.7. The molecule has 1 aliphatic rings. The Morgan fingerprint density at radius 2 is 1.68 bits per heavy atom. The Morgan fingerprint density at radius 1 is 1.00 bits per heavy atom. The minimum atomic E-state index is -0.298. The van der Waals surface area contributed by atoms with Crippen molar-refractivity contribution in [3.8, 4) is 11.5 Å². The number of carbonyl (C=O) groups is 2. The highest BCUT2D eigenvalue weighted by atomic mass is 16.5. The number of ether oxygens (including phenoxy) is 3. The van der Waals surface area contributed by atoms with Gasteiger partial charge >= 0.3 is 0 Å². The fourth-order valence-corrected chi connectivity index (χ4v) is 2.96. The van der Waals surface area contributed by atoms with Crippen molar-refractivity contribution in [2.75, 3.05) is 32.7 Å². The molecule has 0 aliphatic carbocycles. The van der Waals surface area contributed by atoms with Gasteiger partial charge in [-0.3, -0.25) is 9.59 Å². The van der Waals surface area contributed by atoms with Crippen LogP contribution in [0.2, 0.25) is 0 Å². The van der Waals surface area contributed by atoms with E-state index in [0.29, 0.717) is 34.9 Å². The minimum Gasteiger partial charge on any atom is -0.497 e. The van der Waals surface area contributed by atoms with Crippen molar-refractivity contribution in [2.45, 2.75) is 18.9 Å². The summed E-state index contributed by atoms with van der Waals surface area (Å²) in [4.78, 5) is 24.7. The molecule has 0 radical (unpaired) electrons. The quantitative estimate of drug-likeness (QED) is 0.767. The number of methoxy groups -OCH3 is 2. The highest BCUT2D eigenvalue weighted by Gasteiger charge is 2.17. The Bertz CT molecular complexity index is 807. The maximum atomic E-state index is 12.5. The number of hydrogen-bond donors (Lipinski definition) is 2. The molecule has 3 rings (SSSR count). The molecular weight excluding hydrogens is 360 g/mol. The van der Waals surface area contributed by atoms with Gasteiger partial charge in [0.2, 0.25) is 0 Å². The van der Waals surface area contributed by atoms with Gasteiger partial charge in [-0.2, -0.15) is 0 Å². The van der Waals surface area contributed by atoms with Crippen LogP contribution in [0.1, 0.15) is 33.6 Å². The van der Waals surface area contributed by atoms with Gasteiger partial charge in [0.25, 0.3) is 11.8 Å². The molecule has 2 aromatic rings. The Labute approximate surface area is 164 Å². The molecule has 148 valence electrons. The van der Waals surface area contributed by atoms with Crippen LogP contribution >= 0.6 is 0 Å². The van der Waals surface area contributed by atoms with Gasteiger partial charge in [0.1, 0.15) is 11.5 Å². The number of benzene rings is 2. The van der Waals surface area contributed by atoms with E-state index in [4.69, 9.17) is 14.2 Å². The molecule has 7 nitrogen and oxygen atoms in total. The van der Waals surface area contributed by atoms with Crippen molar-refractivity contribution >= 4 is 17.5 Å². The second-order valence-corrected chi connectivity index (χ2v) is 6.48. The maximum Gasteiger partial charge on any atom is 0.255 e. The van der Waals surface area contributed by atoms with Gasteiger partial charge in [0.05, 0.1) is 20.3 Å². The lowest BCUT2D eigenvalue weighted by Crippen LogP contribution is -2.31. The second-order valence-electron chi connectivity index (χ2n) is 6.48. The average Bonchev–Trinajstić information content (AvgIpc) is 3.25. The fourth-order valence-electron chi connectivity index (χ4n) is 2.96. The SMILES string of the molecule is COc1cc(OC)cc(C(=O)Nc2ccc(C(=O)NC[C@H]3CCCO3)cc2)c1. The molecule has 1 aliphatic heterocycles. The van der Waals surface area contributed by atoms with E-state index >= 15 is 0 Å². The van der Waals surface area contributed by atoms with Crippen molar-refractivity contribution < 1.29 is 23.8 Å². The highest BCUT2D eigenvalue weighted by Crippen LogP contribution is 2.23. The molecule has 1 heterocycles. The number of carbonyl (C=O) groups excluding carboxylic acids is 2. The van der Waals surface area contributed by atoms with E-state index in [1.807, 2.05) is 0 Å². The van der Waals surface area contributed by atoms with E-state index in [2.05, 4.69) is 10.6 Å². The van der Waals surface area contributed by atoms with Crippen LogP contribution in [0, 0.1) is 0 Å². The molecule has 1 atom stereocenters. The third-order valence-corrected chi connectivity index (χ3v) is 4.53. The Kier molecular flexibility index (Phi) is 6.49. The Morgan fingerprint density at radius 3 is 2.25 bits per heavy atom. The number of hydrogen-bond acceptors (Lipinski definition) is 5. The summed E-state index contributed by atoms with van der Waals surface area (Å²) in [7, 11) is 3.05. The summed E-state index contributed by atoms with van der Waals surface area (Å²) < 4.78 is 15.9. The molecule has 2 amide bonds. The lowest BCUT2D eigenvalue weighted by atomic mass is 10.1. The van der Waals surface area contributed by atoms with Crippen LogP contribution < -0.4 is 20.1 Å². The van der Waals surface area contributed by atoms with Crippen molar-refractivity contribution in [1.82, 2.24) is 5.32 Å². The minimum absolute atomic E-state index is 0.0994. The molecular formula is C21H24N2O5. The van der Waals surface area contributed by atoms with E-state index in [1.165, 1.54) is 14.2 Å². The predicted molar refractivity (Wildman–Crippen MR) is 105 cm³/mol. The van der Waals surface area contributed by atoms with E-state index in [1.54, 1.807) is 42.5 Å². The zero-order chi connectivity index (χ0) is 19.9. The van der Waals surface area contributed by atoms with Crippen molar-refractivity contribution in [3.63, 3.8) is 0 Å². The predicted octanol–water partition coefficient (Wildman–Crippen LogP) is 2.86. The normalized spacial score (nSPS) is 15.7. The van der Waals surface area contributed by atoms with Crippen LogP contribution in [-0.2, 0) is 4.74 Å². The average molecular weight is 384 g/mol. The summed E-state index contributed by atoms with van der Waals surface area (Å²) >= 11 is 0. The Hall–Kier alpha value is -3.06. The lowest BCUT2D eigenvalue weighted by Gasteiger charge is -2.11. The Balaban J connectivity index is 1.60. The van der Waals surface area contributed by atoms with Crippen LogP contribution in [0.5, 0.6) is 11.5 Å². The molecule has 28 heavy (non-hydrogen) atoms. The van der Waals surface area contributed by atoms with E-state index in [-0.39, 0.29) is 17.9 Å². The molecule has 1 saturated heterocycles. The fraction of sp³-hybridized carbons (Fsp3) is 0.333. The summed E-state index contributed by atoms with van der Waals surface area (Å²) in [6.45, 7) is 1.27. The third-order valence-electron chi connectivity index (χ3n) is 4.53. The summed E-state index contributed by atoms with van der Waals surface area (Å²) in [5.74, 6) is 0.601. The molecule has 0 aromatic heterocycles. The number of rotatable bonds is 7. The van der Waals surface area contributed by atoms with E-state index < -0.39 is 0 Å². The van der Waals surface area contributed by atoms with Gasteiger partial charge in [-0.05, 0) is 49.2 Å². The van der Waals surface area contributed by atoms with Crippen molar-refractivity contribution in [3.05, 3.63) is 53.6 Å². The molecule has 2 aromatic carbocycles. The second kappa shape index (κ2) is 9.23. The molecule has 0 saturated carbocycles. The van der Waals surface area contributed by atoms with E-state index in [9.17, 15) is 9.59 Å². The first-order chi connectivity index (χ1) is 13.6. The smallest absolute Gasteiger partial charge is 0.255 e. The van der Waals surface area contributed by atoms with Gasteiger partial charge < -0.3 is 24.8 Å². The molecule has 1 fully saturated rings. The number of anilines is 1. The third kappa shape index (κ3) is 5.01. The molecule has 7 heteroatoms. The topological polar surface area (TPSA) is 85.9 Å². The van der Waals surface area contributed by atoms with Gasteiger partial charge in [-0.25, -0.2) is 0 Å². The van der Waals surface area contributed by atoms with Gasteiger partial charge in [0.15, 0.2) is 0 Å². The zero-order valence-corrected chi connectivity index (χ0v) is 16.0. The first-order valence-electron chi connectivity index (χ1n) is 9.13. The van der Waals surface area contributed by atoms with Gasteiger partial charge in [-0.1, -0.05) is 0 Å². The van der Waals surface area contributed by atoms with Crippen LogP contribution in [-0.4, -0.2) is 45.3 Å².